The van der Waals surface area contributed by atoms with Gasteiger partial charge in [-0.15, -0.1) is 0 Å². The summed E-state index contributed by atoms with van der Waals surface area (Å²) in [7, 11) is 0. The number of nitrogens with zero attached hydrogens (tertiary/aromatic N) is 2. The molecule has 0 bridgehead atoms. The van der Waals surface area contributed by atoms with Gasteiger partial charge < -0.3 is 0 Å². The lowest BCUT2D eigenvalue weighted by atomic mass is 9.98. The van der Waals surface area contributed by atoms with E-state index in [0.29, 0.717) is 11.5 Å². The van der Waals surface area contributed by atoms with Gasteiger partial charge in [-0.2, -0.15) is 5.10 Å². The summed E-state index contributed by atoms with van der Waals surface area (Å²) in [5.74, 6) is 0.0601. The number of rotatable bonds is 6. The molecule has 0 saturated carbocycles. The lowest BCUT2D eigenvalue weighted by Crippen LogP contribution is -2.17. The molecule has 1 amide bonds. The van der Waals surface area contributed by atoms with Gasteiger partial charge in [0.15, 0.2) is 0 Å². The molecule has 0 atom stereocenters. The van der Waals surface area contributed by atoms with E-state index in [4.69, 9.17) is 0 Å². The number of nitro groups is 1. The van der Waals surface area contributed by atoms with Crippen molar-refractivity contribution in [1.29, 1.82) is 0 Å². The minimum Gasteiger partial charge on any atom is -0.267 e. The number of amides is 1. The van der Waals surface area contributed by atoms with Crippen molar-refractivity contribution in [1.82, 2.24) is 5.43 Å². The second-order valence-corrected chi connectivity index (χ2v) is 6.15. The molecule has 0 heterocycles. The smallest absolute Gasteiger partial charge is 0.267 e. The summed E-state index contributed by atoms with van der Waals surface area (Å²) in [6.07, 6.45) is 5.15. The Kier molecular flexibility index (Phi) is 6.38. The average Bonchev–Trinajstić information content (AvgIpc) is 2.62. The van der Waals surface area contributed by atoms with Gasteiger partial charge in [0.2, 0.25) is 0 Å². The molecule has 0 radical (unpaired) electrons. The van der Waals surface area contributed by atoms with Gasteiger partial charge >= 0.3 is 0 Å². The van der Waals surface area contributed by atoms with Gasteiger partial charge in [-0.1, -0.05) is 38.1 Å². The fraction of sp³-hybridized carbons (Fsp3) is 0.200. The predicted molar refractivity (Wildman–Crippen MR) is 103 cm³/mol. The molecule has 0 aliphatic heterocycles. The van der Waals surface area contributed by atoms with E-state index < -0.39 is 10.8 Å². The molecule has 0 fully saturated rings. The van der Waals surface area contributed by atoms with Crippen LogP contribution in [-0.2, 0) is 0 Å². The van der Waals surface area contributed by atoms with Crippen molar-refractivity contribution in [2.75, 3.05) is 0 Å². The number of hydrogen-bond acceptors (Lipinski definition) is 4. The highest BCUT2D eigenvalue weighted by atomic mass is 16.6. The molecule has 6 nitrogen and oxygen atoms in total. The maximum atomic E-state index is 11.9. The lowest BCUT2D eigenvalue weighted by Gasteiger charge is -2.08. The first-order valence-corrected chi connectivity index (χ1v) is 8.23. The number of hydrogen-bond donors (Lipinski definition) is 1. The molecule has 1 N–H and O–H groups in total. The van der Waals surface area contributed by atoms with E-state index in [-0.39, 0.29) is 5.69 Å². The third-order valence-electron chi connectivity index (χ3n) is 3.90. The van der Waals surface area contributed by atoms with Crippen molar-refractivity contribution in [2.45, 2.75) is 26.7 Å². The summed E-state index contributed by atoms with van der Waals surface area (Å²) >= 11 is 0. The van der Waals surface area contributed by atoms with Crippen LogP contribution in [-0.4, -0.2) is 17.0 Å². The van der Waals surface area contributed by atoms with E-state index in [2.05, 4.69) is 49.5 Å². The molecule has 0 aliphatic rings. The van der Waals surface area contributed by atoms with Gasteiger partial charge in [0.05, 0.1) is 4.92 Å². The summed E-state index contributed by atoms with van der Waals surface area (Å²) in [4.78, 5) is 22.0. The Morgan fingerprint density at radius 1 is 1.19 bits per heavy atom. The van der Waals surface area contributed by atoms with Crippen LogP contribution < -0.4 is 5.43 Å². The summed E-state index contributed by atoms with van der Waals surface area (Å²) in [6, 6.07) is 11.7. The van der Waals surface area contributed by atoms with Crippen molar-refractivity contribution in [3.63, 3.8) is 0 Å². The molecular formula is C20H21N3O3. The number of hydrazone groups is 1. The number of aryl methyl sites for hydroxylation is 1. The molecule has 26 heavy (non-hydrogen) atoms. The van der Waals surface area contributed by atoms with Crippen molar-refractivity contribution in [3.05, 3.63) is 80.9 Å². The van der Waals surface area contributed by atoms with Crippen LogP contribution in [0.25, 0.3) is 6.08 Å². The van der Waals surface area contributed by atoms with Crippen LogP contribution in [0.1, 0.15) is 46.8 Å². The van der Waals surface area contributed by atoms with Crippen LogP contribution in [0.3, 0.4) is 0 Å². The second kappa shape index (κ2) is 8.71. The minimum atomic E-state index is -0.514. The Morgan fingerprint density at radius 3 is 2.46 bits per heavy atom. The van der Waals surface area contributed by atoms with Crippen LogP contribution in [0.2, 0.25) is 0 Å². The number of non-ortho nitro benzene ring substituents is 1. The zero-order valence-corrected chi connectivity index (χ0v) is 15.0. The average molecular weight is 351 g/mol. The van der Waals surface area contributed by atoms with Crippen LogP contribution in [0, 0.1) is 17.0 Å². The third-order valence-corrected chi connectivity index (χ3v) is 3.90. The van der Waals surface area contributed by atoms with Gasteiger partial charge in [0, 0.05) is 23.9 Å². The van der Waals surface area contributed by atoms with Crippen LogP contribution in [0.5, 0.6) is 0 Å². The summed E-state index contributed by atoms with van der Waals surface area (Å²) in [6.45, 7) is 6.37. The van der Waals surface area contributed by atoms with Crippen LogP contribution in [0.4, 0.5) is 5.69 Å². The number of nitrogens with one attached hydrogen (secondary N) is 1. The zero-order valence-electron chi connectivity index (χ0n) is 15.0. The normalized spacial score (nSPS) is 11.4. The van der Waals surface area contributed by atoms with Crippen molar-refractivity contribution in [2.24, 2.45) is 5.10 Å². The zero-order chi connectivity index (χ0) is 19.1. The summed E-state index contributed by atoms with van der Waals surface area (Å²) in [5.41, 5.74) is 6.18. The molecule has 134 valence electrons. The number of carbonyl (C=O) groups excluding carboxylic acids is 1. The molecular weight excluding hydrogens is 330 g/mol. The Bertz CT molecular complexity index is 853. The van der Waals surface area contributed by atoms with E-state index in [1.54, 1.807) is 6.08 Å². The van der Waals surface area contributed by atoms with Crippen molar-refractivity contribution >= 4 is 23.9 Å². The summed E-state index contributed by atoms with van der Waals surface area (Å²) < 4.78 is 0. The Balaban J connectivity index is 1.93. The maximum absolute atomic E-state index is 11.9. The lowest BCUT2D eigenvalue weighted by molar-refractivity contribution is -0.384. The van der Waals surface area contributed by atoms with Gasteiger partial charge in [0.1, 0.15) is 0 Å². The van der Waals surface area contributed by atoms with Crippen LogP contribution >= 0.6 is 0 Å². The molecule has 0 spiro atoms. The second-order valence-electron chi connectivity index (χ2n) is 6.15. The SMILES string of the molecule is Cc1cc(C(C)C)ccc1C=CC=NNC(=O)c1ccc([N+](=O)[O-])cc1. The molecule has 0 unspecified atom stereocenters. The number of carbonyl (C=O) groups is 1. The Hall–Kier alpha value is -3.28. The van der Waals surface area contributed by atoms with Gasteiger partial charge in [-0.3, -0.25) is 14.9 Å². The first kappa shape index (κ1) is 19.1. The van der Waals surface area contributed by atoms with E-state index in [1.165, 1.54) is 41.6 Å². The molecule has 0 aromatic heterocycles. The highest BCUT2D eigenvalue weighted by Crippen LogP contribution is 2.19. The highest BCUT2D eigenvalue weighted by Gasteiger charge is 2.08. The van der Waals surface area contributed by atoms with E-state index >= 15 is 0 Å². The quantitative estimate of drug-likeness (QED) is 0.474. The number of allylic oxidation sites excluding steroid dienone is 1. The Labute approximate surface area is 152 Å². The topological polar surface area (TPSA) is 84.6 Å². The summed E-state index contributed by atoms with van der Waals surface area (Å²) in [5, 5.41) is 14.4. The molecule has 0 aliphatic carbocycles. The van der Waals surface area contributed by atoms with E-state index in [1.807, 2.05) is 6.08 Å². The fourth-order valence-corrected chi connectivity index (χ4v) is 2.33. The molecule has 2 aromatic carbocycles. The van der Waals surface area contributed by atoms with Crippen molar-refractivity contribution in [3.8, 4) is 0 Å². The first-order chi connectivity index (χ1) is 12.4. The predicted octanol–water partition coefficient (Wildman–Crippen LogP) is 4.46. The maximum Gasteiger partial charge on any atom is 0.271 e. The minimum absolute atomic E-state index is 0.0631. The third kappa shape index (κ3) is 5.11. The van der Waals surface area contributed by atoms with Crippen molar-refractivity contribution < 1.29 is 9.72 Å². The van der Waals surface area contributed by atoms with Gasteiger partial charge in [-0.05, 0) is 47.7 Å². The largest absolute Gasteiger partial charge is 0.271 e. The van der Waals surface area contributed by atoms with Gasteiger partial charge in [0.25, 0.3) is 11.6 Å². The highest BCUT2D eigenvalue weighted by molar-refractivity contribution is 5.94. The van der Waals surface area contributed by atoms with E-state index in [0.717, 1.165) is 5.56 Å². The Morgan fingerprint density at radius 2 is 1.88 bits per heavy atom. The van der Waals surface area contributed by atoms with Crippen LogP contribution in [0.15, 0.2) is 53.6 Å². The first-order valence-electron chi connectivity index (χ1n) is 8.23. The monoisotopic (exact) mass is 351 g/mol. The number of benzene rings is 2. The van der Waals surface area contributed by atoms with Gasteiger partial charge in [-0.25, -0.2) is 5.43 Å². The van der Waals surface area contributed by atoms with E-state index in [9.17, 15) is 14.9 Å². The fourth-order valence-electron chi connectivity index (χ4n) is 2.33. The molecule has 2 rings (SSSR count). The molecule has 6 heteroatoms. The molecule has 0 saturated heterocycles. The number of nitro benzene ring substituents is 1. The molecule has 2 aromatic rings. The standard InChI is InChI=1S/C20H21N3O3/c1-14(2)18-7-6-16(15(3)13-18)5-4-12-21-22-20(24)17-8-10-19(11-9-17)23(25)26/h4-14H,1-3H3,(H,22,24).